The van der Waals surface area contributed by atoms with Crippen LogP contribution in [0.5, 0.6) is 0 Å². The number of fused-ring (bicyclic) bond motifs is 1. The van der Waals surface area contributed by atoms with Crippen molar-refractivity contribution in [1.82, 2.24) is 16.2 Å². The SMILES string of the molecule is O=C(CCCc1ccccc1)NNC(=O)[C@H](OC/C=C/Br)[C@H](O)[C@@H](O)[C@@H](OC/C=C/Br)C(=O)N[C@H]1c2ccccc2C[C@H]1O. The summed E-state index contributed by atoms with van der Waals surface area (Å²) in [6, 6.07) is 16.1. The molecule has 3 rings (SSSR count). The predicted octanol–water partition coefficient (Wildman–Crippen LogP) is 2.24. The van der Waals surface area contributed by atoms with E-state index >= 15 is 0 Å². The lowest BCUT2D eigenvalue weighted by molar-refractivity contribution is -0.166. The van der Waals surface area contributed by atoms with Gasteiger partial charge in [0.2, 0.25) is 5.91 Å². The Kier molecular flexibility index (Phi) is 15.2. The molecule has 0 heterocycles. The van der Waals surface area contributed by atoms with Gasteiger partial charge in [0.15, 0.2) is 12.2 Å². The number of nitrogens with one attached hydrogen (secondary N) is 3. The molecule has 0 aliphatic heterocycles. The van der Waals surface area contributed by atoms with Crippen molar-refractivity contribution in [1.29, 1.82) is 0 Å². The maximum atomic E-state index is 13.4. The van der Waals surface area contributed by atoms with Crippen molar-refractivity contribution in [3.8, 4) is 0 Å². The number of carbonyl (C=O) groups excluding carboxylic acids is 3. The van der Waals surface area contributed by atoms with E-state index in [9.17, 15) is 29.7 Å². The summed E-state index contributed by atoms with van der Waals surface area (Å²) in [6.45, 7) is -0.271. The van der Waals surface area contributed by atoms with Gasteiger partial charge in [-0.1, -0.05) is 98.6 Å². The number of carbonyl (C=O) groups is 3. The fraction of sp³-hybridized carbons (Fsp3) is 0.387. The summed E-state index contributed by atoms with van der Waals surface area (Å²) in [5, 5.41) is 35.6. The zero-order chi connectivity index (χ0) is 31.9. The van der Waals surface area contributed by atoms with Crippen molar-refractivity contribution in [3.05, 3.63) is 93.4 Å². The molecule has 0 bridgehead atoms. The summed E-state index contributed by atoms with van der Waals surface area (Å²) in [5.41, 5.74) is 7.20. The molecule has 6 N–H and O–H groups in total. The first-order valence-corrected chi connectivity index (χ1v) is 15.9. The molecule has 0 aromatic heterocycles. The number of benzene rings is 2. The number of aliphatic hydroxyl groups is 3. The Morgan fingerprint density at radius 2 is 1.45 bits per heavy atom. The average Bonchev–Trinajstić information content (AvgIpc) is 3.34. The highest BCUT2D eigenvalue weighted by Crippen LogP contribution is 2.31. The number of aryl methyl sites for hydroxylation is 1. The van der Waals surface area contributed by atoms with Gasteiger partial charge < -0.3 is 30.1 Å². The quantitative estimate of drug-likeness (QED) is 0.143. The molecule has 11 nitrogen and oxygen atoms in total. The molecule has 0 spiro atoms. The van der Waals surface area contributed by atoms with E-state index < -0.39 is 54.3 Å². The minimum atomic E-state index is -1.96. The highest BCUT2D eigenvalue weighted by molar-refractivity contribution is 9.11. The summed E-state index contributed by atoms with van der Waals surface area (Å²) in [6.07, 6.45) is -3.48. The summed E-state index contributed by atoms with van der Waals surface area (Å²) < 4.78 is 11.1. The van der Waals surface area contributed by atoms with E-state index in [0.717, 1.165) is 16.7 Å². The zero-order valence-corrected chi connectivity index (χ0v) is 27.0. The molecule has 1 aliphatic carbocycles. The highest BCUT2D eigenvalue weighted by Gasteiger charge is 2.42. The van der Waals surface area contributed by atoms with Crippen LogP contribution in [-0.2, 0) is 36.7 Å². The third-order valence-electron chi connectivity index (χ3n) is 6.95. The van der Waals surface area contributed by atoms with Crippen LogP contribution in [0.25, 0.3) is 0 Å². The molecule has 1 aliphatic rings. The van der Waals surface area contributed by atoms with Crippen LogP contribution in [0.4, 0.5) is 0 Å². The van der Waals surface area contributed by atoms with E-state index in [1.807, 2.05) is 42.5 Å². The van der Waals surface area contributed by atoms with E-state index in [0.29, 0.717) is 19.3 Å². The van der Waals surface area contributed by atoms with Crippen LogP contribution in [-0.4, -0.2) is 76.8 Å². The molecule has 238 valence electrons. The molecule has 3 amide bonds. The van der Waals surface area contributed by atoms with Gasteiger partial charge in [-0.3, -0.25) is 25.2 Å². The minimum absolute atomic E-state index is 0.125. The maximum absolute atomic E-state index is 13.4. The Labute approximate surface area is 272 Å². The standard InChI is InChI=1S/C31H37Br2N3O8/c32-15-7-17-43-28(30(41)34-25-22-13-5-4-12-21(22)19-23(25)37)26(39)27(40)29(44-18-8-16-33)31(42)36-35-24(38)14-6-11-20-9-2-1-3-10-20/h1-5,7-10,12-13,15-16,23,25-29,37,39-40H,6,11,14,17-19H2,(H,34,41)(H,35,38)(H,36,42)/b15-7+,16-8+/t23-,25+,26-,27-,28-,29-/m1/s1. The summed E-state index contributed by atoms with van der Waals surface area (Å²) >= 11 is 6.20. The van der Waals surface area contributed by atoms with E-state index in [-0.39, 0.29) is 19.6 Å². The molecule has 0 saturated heterocycles. The van der Waals surface area contributed by atoms with E-state index in [4.69, 9.17) is 9.47 Å². The van der Waals surface area contributed by atoms with Crippen molar-refractivity contribution in [2.45, 2.75) is 62.2 Å². The molecule has 0 saturated carbocycles. The van der Waals surface area contributed by atoms with Crippen molar-refractivity contribution in [2.24, 2.45) is 0 Å². The zero-order valence-electron chi connectivity index (χ0n) is 23.9. The van der Waals surface area contributed by atoms with Gasteiger partial charge in [-0.2, -0.15) is 0 Å². The summed E-state index contributed by atoms with van der Waals surface area (Å²) in [4.78, 5) is 41.8. The largest absolute Gasteiger partial charge is 0.390 e. The lowest BCUT2D eigenvalue weighted by atomic mass is 10.0. The third-order valence-corrected chi connectivity index (χ3v) is 7.70. The average molecular weight is 739 g/mol. The summed E-state index contributed by atoms with van der Waals surface area (Å²) in [5.74, 6) is -2.22. The van der Waals surface area contributed by atoms with Crippen LogP contribution < -0.4 is 16.2 Å². The number of rotatable bonds is 16. The topological polar surface area (TPSA) is 166 Å². The number of amides is 3. The Morgan fingerprint density at radius 3 is 2.09 bits per heavy atom. The van der Waals surface area contributed by atoms with Gasteiger partial charge in [0.25, 0.3) is 11.8 Å². The fourth-order valence-electron chi connectivity index (χ4n) is 4.75. The molecule has 2 aromatic carbocycles. The van der Waals surface area contributed by atoms with Crippen molar-refractivity contribution in [2.75, 3.05) is 13.2 Å². The van der Waals surface area contributed by atoms with E-state index in [1.165, 1.54) is 22.1 Å². The lowest BCUT2D eigenvalue weighted by Crippen LogP contribution is -2.58. The first-order chi connectivity index (χ1) is 21.3. The van der Waals surface area contributed by atoms with Gasteiger partial charge in [0.05, 0.1) is 25.4 Å². The van der Waals surface area contributed by atoms with Gasteiger partial charge >= 0.3 is 0 Å². The van der Waals surface area contributed by atoms with Gasteiger partial charge in [-0.15, -0.1) is 0 Å². The third kappa shape index (κ3) is 10.6. The van der Waals surface area contributed by atoms with Gasteiger partial charge in [0.1, 0.15) is 12.2 Å². The van der Waals surface area contributed by atoms with Crippen molar-refractivity contribution < 1.29 is 39.2 Å². The van der Waals surface area contributed by atoms with Crippen LogP contribution in [0.3, 0.4) is 0 Å². The molecular formula is C31H37Br2N3O8. The Bertz CT molecular complexity index is 1280. The lowest BCUT2D eigenvalue weighted by Gasteiger charge is -2.31. The number of ether oxygens (including phenoxy) is 2. The van der Waals surface area contributed by atoms with Crippen LogP contribution in [0.15, 0.2) is 76.7 Å². The smallest absolute Gasteiger partial charge is 0.270 e. The van der Waals surface area contributed by atoms with Crippen LogP contribution in [0, 0.1) is 0 Å². The molecular weight excluding hydrogens is 702 g/mol. The Hall–Kier alpha value is -2.91. The van der Waals surface area contributed by atoms with E-state index in [1.54, 1.807) is 12.1 Å². The van der Waals surface area contributed by atoms with Crippen LogP contribution in [0.1, 0.15) is 35.6 Å². The Balaban J connectivity index is 1.67. The predicted molar refractivity (Wildman–Crippen MR) is 170 cm³/mol. The number of hydrazine groups is 1. The second kappa shape index (κ2) is 18.8. The number of halogens is 2. The molecule has 6 atom stereocenters. The van der Waals surface area contributed by atoms with Crippen LogP contribution >= 0.6 is 31.9 Å². The van der Waals surface area contributed by atoms with E-state index in [2.05, 4.69) is 48.0 Å². The maximum Gasteiger partial charge on any atom is 0.270 e. The van der Waals surface area contributed by atoms with Gasteiger partial charge in [-0.25, -0.2) is 0 Å². The van der Waals surface area contributed by atoms with Gasteiger partial charge in [0, 0.05) is 12.8 Å². The van der Waals surface area contributed by atoms with Crippen LogP contribution in [0.2, 0.25) is 0 Å². The number of hydrogen-bond acceptors (Lipinski definition) is 8. The first-order valence-electron chi connectivity index (χ1n) is 14.1. The molecule has 0 fully saturated rings. The molecule has 2 aromatic rings. The monoisotopic (exact) mass is 737 g/mol. The van der Waals surface area contributed by atoms with Crippen molar-refractivity contribution >= 4 is 49.6 Å². The number of hydrogen-bond donors (Lipinski definition) is 6. The van der Waals surface area contributed by atoms with Crippen molar-refractivity contribution in [3.63, 3.8) is 0 Å². The summed E-state index contributed by atoms with van der Waals surface area (Å²) in [7, 11) is 0. The molecule has 0 unspecified atom stereocenters. The minimum Gasteiger partial charge on any atom is -0.390 e. The fourth-order valence-corrected chi connectivity index (χ4v) is 5.06. The molecule has 13 heteroatoms. The first kappa shape index (κ1) is 35.6. The highest BCUT2D eigenvalue weighted by atomic mass is 79.9. The second-order valence-electron chi connectivity index (χ2n) is 10.0. The molecule has 44 heavy (non-hydrogen) atoms. The van der Waals surface area contributed by atoms with Gasteiger partial charge in [-0.05, 0) is 39.5 Å². The number of aliphatic hydroxyl groups excluding tert-OH is 3. The molecule has 0 radical (unpaired) electrons. The second-order valence-corrected chi connectivity index (χ2v) is 11.1. The normalized spacial score (nSPS) is 18.8. The Morgan fingerprint density at radius 1 is 0.864 bits per heavy atom.